The Morgan fingerprint density at radius 2 is 1.81 bits per heavy atom. The quantitative estimate of drug-likeness (QED) is 0.710. The van der Waals surface area contributed by atoms with Crippen LogP contribution in [0.25, 0.3) is 0 Å². The van der Waals surface area contributed by atoms with Gasteiger partial charge in [-0.1, -0.05) is 32.0 Å². The molecular formula is C21H25NO5. The molecule has 0 heterocycles. The summed E-state index contributed by atoms with van der Waals surface area (Å²) < 4.78 is 15.8. The van der Waals surface area contributed by atoms with E-state index in [-0.39, 0.29) is 18.1 Å². The van der Waals surface area contributed by atoms with E-state index in [0.717, 1.165) is 11.3 Å². The third kappa shape index (κ3) is 5.48. The lowest BCUT2D eigenvalue weighted by Gasteiger charge is -2.14. The van der Waals surface area contributed by atoms with E-state index >= 15 is 0 Å². The number of hydrogen-bond acceptors (Lipinski definition) is 5. The van der Waals surface area contributed by atoms with Crippen LogP contribution in [0.15, 0.2) is 42.5 Å². The van der Waals surface area contributed by atoms with Crippen molar-refractivity contribution in [2.75, 3.05) is 25.6 Å². The number of carbonyl (C=O) groups is 2. The van der Waals surface area contributed by atoms with Crippen molar-refractivity contribution in [3.63, 3.8) is 0 Å². The van der Waals surface area contributed by atoms with E-state index in [4.69, 9.17) is 14.2 Å². The molecule has 6 nitrogen and oxygen atoms in total. The Balaban J connectivity index is 1.99. The van der Waals surface area contributed by atoms with E-state index in [1.165, 1.54) is 13.2 Å². The summed E-state index contributed by atoms with van der Waals surface area (Å²) in [5.41, 5.74) is 2.03. The first-order chi connectivity index (χ1) is 13.0. The summed E-state index contributed by atoms with van der Waals surface area (Å²) >= 11 is 0. The fraction of sp³-hybridized carbons (Fsp3) is 0.333. The molecule has 0 aliphatic rings. The number of hydrogen-bond donors (Lipinski definition) is 1. The van der Waals surface area contributed by atoms with Crippen molar-refractivity contribution in [2.45, 2.75) is 26.7 Å². The number of esters is 1. The maximum atomic E-state index is 12.2. The maximum Gasteiger partial charge on any atom is 0.338 e. The molecule has 0 atom stereocenters. The third-order valence-corrected chi connectivity index (χ3v) is 3.89. The second-order valence-corrected chi connectivity index (χ2v) is 6.16. The zero-order valence-electron chi connectivity index (χ0n) is 16.1. The van der Waals surface area contributed by atoms with Gasteiger partial charge in [0.25, 0.3) is 5.91 Å². The summed E-state index contributed by atoms with van der Waals surface area (Å²) in [6.45, 7) is 5.99. The molecule has 0 unspecified atom stereocenters. The number of amides is 1. The van der Waals surface area contributed by atoms with Crippen molar-refractivity contribution in [1.29, 1.82) is 0 Å². The zero-order chi connectivity index (χ0) is 19.8. The molecule has 2 rings (SSSR count). The van der Waals surface area contributed by atoms with Crippen LogP contribution in [0, 0.1) is 0 Å². The van der Waals surface area contributed by atoms with Gasteiger partial charge < -0.3 is 19.5 Å². The summed E-state index contributed by atoms with van der Waals surface area (Å²) in [4.78, 5) is 24.4. The Bertz CT molecular complexity index is 801. The van der Waals surface area contributed by atoms with E-state index in [1.807, 2.05) is 45.0 Å². The second-order valence-electron chi connectivity index (χ2n) is 6.16. The van der Waals surface area contributed by atoms with Gasteiger partial charge in [0, 0.05) is 5.69 Å². The molecule has 0 radical (unpaired) electrons. The van der Waals surface area contributed by atoms with Crippen LogP contribution in [0.5, 0.6) is 11.5 Å². The molecule has 0 spiro atoms. The van der Waals surface area contributed by atoms with E-state index in [1.54, 1.807) is 12.1 Å². The topological polar surface area (TPSA) is 73.9 Å². The van der Waals surface area contributed by atoms with Crippen molar-refractivity contribution in [2.24, 2.45) is 0 Å². The van der Waals surface area contributed by atoms with Crippen molar-refractivity contribution in [3.8, 4) is 11.5 Å². The molecule has 0 aromatic heterocycles. The van der Waals surface area contributed by atoms with Gasteiger partial charge in [0.05, 0.1) is 19.3 Å². The van der Waals surface area contributed by atoms with Gasteiger partial charge >= 0.3 is 5.97 Å². The largest absolute Gasteiger partial charge is 0.493 e. The summed E-state index contributed by atoms with van der Waals surface area (Å²) in [6, 6.07) is 12.3. The van der Waals surface area contributed by atoms with Crippen LogP contribution < -0.4 is 14.8 Å². The van der Waals surface area contributed by atoms with Crippen molar-refractivity contribution >= 4 is 17.6 Å². The zero-order valence-corrected chi connectivity index (χ0v) is 16.1. The summed E-state index contributed by atoms with van der Waals surface area (Å²) in [7, 11) is 1.52. The highest BCUT2D eigenvalue weighted by atomic mass is 16.5. The minimum absolute atomic E-state index is 0.264. The Morgan fingerprint density at radius 3 is 2.48 bits per heavy atom. The predicted octanol–water partition coefficient (Wildman–Crippen LogP) is 4.01. The van der Waals surface area contributed by atoms with E-state index < -0.39 is 11.9 Å². The van der Waals surface area contributed by atoms with Crippen LogP contribution in [0.3, 0.4) is 0 Å². The first-order valence-electron chi connectivity index (χ1n) is 8.83. The predicted molar refractivity (Wildman–Crippen MR) is 104 cm³/mol. The molecule has 0 saturated carbocycles. The van der Waals surface area contributed by atoms with Gasteiger partial charge in [-0.05, 0) is 42.7 Å². The van der Waals surface area contributed by atoms with Crippen molar-refractivity contribution < 1.29 is 23.8 Å². The first kappa shape index (κ1) is 20.3. The smallest absolute Gasteiger partial charge is 0.338 e. The summed E-state index contributed by atoms with van der Waals surface area (Å²) in [5.74, 6) is 0.238. The highest BCUT2D eigenvalue weighted by Crippen LogP contribution is 2.28. The van der Waals surface area contributed by atoms with Gasteiger partial charge in [-0.2, -0.15) is 0 Å². The van der Waals surface area contributed by atoms with Gasteiger partial charge in [-0.3, -0.25) is 4.79 Å². The molecule has 2 aromatic rings. The Hall–Kier alpha value is -3.02. The molecule has 1 N–H and O–H groups in total. The fourth-order valence-electron chi connectivity index (χ4n) is 2.59. The fourth-order valence-corrected chi connectivity index (χ4v) is 2.59. The first-order valence-corrected chi connectivity index (χ1v) is 8.83. The van der Waals surface area contributed by atoms with E-state index in [0.29, 0.717) is 18.1 Å². The average Bonchev–Trinajstić information content (AvgIpc) is 2.66. The number of methoxy groups -OCH3 is 1. The van der Waals surface area contributed by atoms with Crippen LogP contribution in [0.4, 0.5) is 5.69 Å². The number of carbonyl (C=O) groups excluding carboxylic acids is 2. The third-order valence-electron chi connectivity index (χ3n) is 3.89. The van der Waals surface area contributed by atoms with Crippen LogP contribution in [0.1, 0.15) is 42.6 Å². The number of benzene rings is 2. The molecule has 6 heteroatoms. The minimum Gasteiger partial charge on any atom is -0.493 e. The average molecular weight is 371 g/mol. The van der Waals surface area contributed by atoms with Gasteiger partial charge in [-0.15, -0.1) is 0 Å². The molecular weight excluding hydrogens is 346 g/mol. The minimum atomic E-state index is -0.606. The van der Waals surface area contributed by atoms with Gasteiger partial charge in [0.15, 0.2) is 18.1 Å². The molecule has 0 aliphatic carbocycles. The number of ether oxygens (including phenoxy) is 3. The Kier molecular flexibility index (Phi) is 7.23. The van der Waals surface area contributed by atoms with E-state index in [9.17, 15) is 9.59 Å². The van der Waals surface area contributed by atoms with Crippen LogP contribution >= 0.6 is 0 Å². The standard InChI is InChI=1S/C21H25NO5/c1-5-26-19-12-15(10-11-18(19)25-4)21(24)27-13-20(23)22-17-9-7-6-8-16(17)14(2)3/h6-12,14H,5,13H2,1-4H3,(H,22,23). The van der Waals surface area contributed by atoms with Gasteiger partial charge in [0.1, 0.15) is 0 Å². The number of rotatable bonds is 8. The van der Waals surface area contributed by atoms with Crippen molar-refractivity contribution in [3.05, 3.63) is 53.6 Å². The molecule has 0 fully saturated rings. The van der Waals surface area contributed by atoms with Gasteiger partial charge in [-0.25, -0.2) is 4.79 Å². The lowest BCUT2D eigenvalue weighted by molar-refractivity contribution is -0.119. The maximum absolute atomic E-state index is 12.2. The van der Waals surface area contributed by atoms with Crippen molar-refractivity contribution in [1.82, 2.24) is 0 Å². The molecule has 2 aromatic carbocycles. The normalized spacial score (nSPS) is 10.4. The summed E-state index contributed by atoms with van der Waals surface area (Å²) in [6.07, 6.45) is 0. The number of anilines is 1. The lowest BCUT2D eigenvalue weighted by Crippen LogP contribution is -2.21. The molecule has 0 aliphatic heterocycles. The highest BCUT2D eigenvalue weighted by molar-refractivity contribution is 5.96. The molecule has 27 heavy (non-hydrogen) atoms. The number of para-hydroxylation sites is 1. The SMILES string of the molecule is CCOc1cc(C(=O)OCC(=O)Nc2ccccc2C(C)C)ccc1OC. The second kappa shape index (κ2) is 9.62. The van der Waals surface area contributed by atoms with Crippen LogP contribution in [-0.4, -0.2) is 32.2 Å². The lowest BCUT2D eigenvalue weighted by atomic mass is 10.0. The van der Waals surface area contributed by atoms with Crippen LogP contribution in [-0.2, 0) is 9.53 Å². The van der Waals surface area contributed by atoms with Gasteiger partial charge in [0.2, 0.25) is 0 Å². The summed E-state index contributed by atoms with van der Waals surface area (Å²) in [5, 5.41) is 2.79. The Labute approximate surface area is 159 Å². The monoisotopic (exact) mass is 371 g/mol. The molecule has 1 amide bonds. The highest BCUT2D eigenvalue weighted by Gasteiger charge is 2.15. The van der Waals surface area contributed by atoms with E-state index in [2.05, 4.69) is 5.32 Å². The Morgan fingerprint density at radius 1 is 1.07 bits per heavy atom. The molecule has 0 bridgehead atoms. The molecule has 144 valence electrons. The van der Waals surface area contributed by atoms with Crippen LogP contribution in [0.2, 0.25) is 0 Å². The molecule has 0 saturated heterocycles. The number of nitrogens with one attached hydrogen (secondary N) is 1.